The van der Waals surface area contributed by atoms with Crippen molar-refractivity contribution in [1.82, 2.24) is 15.5 Å². The summed E-state index contributed by atoms with van der Waals surface area (Å²) in [4.78, 5) is 27.7. The molecule has 3 N–H and O–H groups in total. The van der Waals surface area contributed by atoms with Crippen LogP contribution in [0.4, 0.5) is 9.18 Å². The van der Waals surface area contributed by atoms with Gasteiger partial charge in [-0.3, -0.25) is 10.1 Å². The first-order chi connectivity index (χ1) is 16.4. The number of hydrogen-bond acceptors (Lipinski definition) is 5. The van der Waals surface area contributed by atoms with E-state index in [-0.39, 0.29) is 30.4 Å². The summed E-state index contributed by atoms with van der Waals surface area (Å²) in [5, 5.41) is 17.4. The summed E-state index contributed by atoms with van der Waals surface area (Å²) in [6, 6.07) is 13.8. The van der Waals surface area contributed by atoms with Crippen molar-refractivity contribution in [2.24, 2.45) is 5.92 Å². The van der Waals surface area contributed by atoms with Crippen LogP contribution in [0.5, 0.6) is 0 Å². The monoisotopic (exact) mass is 485 g/mol. The molecule has 190 valence electrons. The predicted octanol–water partition coefficient (Wildman–Crippen LogP) is 3.61. The van der Waals surface area contributed by atoms with Crippen molar-refractivity contribution >= 4 is 12.0 Å². The third-order valence-corrected chi connectivity index (χ3v) is 5.89. The lowest BCUT2D eigenvalue weighted by molar-refractivity contribution is -0.133. The van der Waals surface area contributed by atoms with Gasteiger partial charge < -0.3 is 20.1 Å². The Morgan fingerprint density at radius 2 is 1.74 bits per heavy atom. The zero-order valence-electron chi connectivity index (χ0n) is 21.0. The number of carbonyl (C=O) groups excluding carboxylic acids is 2. The highest BCUT2D eigenvalue weighted by Crippen LogP contribution is 2.24. The zero-order chi connectivity index (χ0) is 25.8. The molecule has 4 atom stereocenters. The fourth-order valence-corrected chi connectivity index (χ4v) is 4.24. The predicted molar refractivity (Wildman–Crippen MR) is 132 cm³/mol. The number of hydrogen-bond donors (Lipinski definition) is 3. The lowest BCUT2D eigenvalue weighted by Crippen LogP contribution is -2.55. The largest absolute Gasteiger partial charge is 0.444 e. The van der Waals surface area contributed by atoms with E-state index >= 15 is 0 Å². The quantitative estimate of drug-likeness (QED) is 0.532. The van der Waals surface area contributed by atoms with Crippen LogP contribution in [0.1, 0.15) is 45.7 Å². The highest BCUT2D eigenvalue weighted by atomic mass is 19.1. The van der Waals surface area contributed by atoms with Crippen LogP contribution in [-0.4, -0.2) is 52.0 Å². The Balaban J connectivity index is 1.82. The van der Waals surface area contributed by atoms with Crippen molar-refractivity contribution in [1.29, 1.82) is 0 Å². The number of nitrogens with one attached hydrogen (secondary N) is 2. The number of alkyl carbamates (subject to hydrolysis) is 1. The Morgan fingerprint density at radius 3 is 2.31 bits per heavy atom. The number of aliphatic hydroxyl groups excluding tert-OH is 1. The third-order valence-electron chi connectivity index (χ3n) is 5.89. The number of halogens is 1. The minimum atomic E-state index is -1.21. The number of carbonyl (C=O) groups is 2. The van der Waals surface area contributed by atoms with Gasteiger partial charge in [-0.2, -0.15) is 0 Å². The second kappa shape index (κ2) is 11.2. The molecule has 0 radical (unpaired) electrons. The van der Waals surface area contributed by atoms with Crippen LogP contribution in [0.3, 0.4) is 0 Å². The highest BCUT2D eigenvalue weighted by Gasteiger charge is 2.46. The van der Waals surface area contributed by atoms with Crippen LogP contribution >= 0.6 is 0 Å². The summed E-state index contributed by atoms with van der Waals surface area (Å²) >= 11 is 0. The fraction of sp³-hybridized carbons (Fsp3) is 0.481. The number of benzene rings is 2. The smallest absolute Gasteiger partial charge is 0.407 e. The molecule has 2 amide bonds. The van der Waals surface area contributed by atoms with E-state index in [4.69, 9.17) is 4.74 Å². The number of rotatable bonds is 8. The summed E-state index contributed by atoms with van der Waals surface area (Å²) < 4.78 is 18.8. The van der Waals surface area contributed by atoms with Crippen molar-refractivity contribution in [3.8, 4) is 0 Å². The molecule has 0 spiro atoms. The first-order valence-electron chi connectivity index (χ1n) is 12.0. The van der Waals surface area contributed by atoms with E-state index in [1.54, 1.807) is 37.8 Å². The van der Waals surface area contributed by atoms with Crippen LogP contribution in [0.2, 0.25) is 0 Å². The Labute approximate surface area is 206 Å². The van der Waals surface area contributed by atoms with E-state index in [1.165, 1.54) is 12.1 Å². The molecule has 0 bridgehead atoms. The van der Waals surface area contributed by atoms with Gasteiger partial charge in [-0.1, -0.05) is 56.3 Å². The highest BCUT2D eigenvalue weighted by molar-refractivity contribution is 5.85. The average Bonchev–Trinajstić information content (AvgIpc) is 3.10. The second-order valence-electron chi connectivity index (χ2n) is 10.4. The molecule has 35 heavy (non-hydrogen) atoms. The van der Waals surface area contributed by atoms with E-state index in [0.717, 1.165) is 11.1 Å². The first-order valence-corrected chi connectivity index (χ1v) is 12.0. The normalized spacial score (nSPS) is 20.1. The van der Waals surface area contributed by atoms with Crippen molar-refractivity contribution < 1.29 is 23.8 Å². The molecule has 7 nitrogen and oxygen atoms in total. The maximum atomic E-state index is 13.5. The van der Waals surface area contributed by atoms with Crippen LogP contribution < -0.4 is 10.6 Å². The maximum Gasteiger partial charge on any atom is 0.407 e. The van der Waals surface area contributed by atoms with Gasteiger partial charge in [0.2, 0.25) is 5.91 Å². The molecule has 2 aromatic carbocycles. The Hall–Kier alpha value is -2.97. The zero-order valence-corrected chi connectivity index (χ0v) is 21.0. The third kappa shape index (κ3) is 7.26. The lowest BCUT2D eigenvalue weighted by Gasteiger charge is -2.29. The van der Waals surface area contributed by atoms with Crippen LogP contribution in [0.15, 0.2) is 54.6 Å². The van der Waals surface area contributed by atoms with Crippen molar-refractivity contribution in [2.75, 3.05) is 0 Å². The van der Waals surface area contributed by atoms with Gasteiger partial charge in [-0.25, -0.2) is 9.18 Å². The van der Waals surface area contributed by atoms with E-state index in [0.29, 0.717) is 6.42 Å². The van der Waals surface area contributed by atoms with Gasteiger partial charge in [-0.15, -0.1) is 0 Å². The van der Waals surface area contributed by atoms with Crippen molar-refractivity contribution in [3.05, 3.63) is 71.5 Å². The van der Waals surface area contributed by atoms with Crippen LogP contribution in [0, 0.1) is 11.7 Å². The molecule has 0 aliphatic carbocycles. The molecule has 1 fully saturated rings. The summed E-state index contributed by atoms with van der Waals surface area (Å²) in [5.74, 6) is -0.558. The fourth-order valence-electron chi connectivity index (χ4n) is 4.24. The SMILES string of the molecule is CC(C)C1N[C@@H]([C@H](O)[C@H](Cc2ccccc2)NC(=O)OC(C)(C)C)C(=O)N1Cc1ccc(F)cc1. The number of nitrogens with zero attached hydrogens (tertiary/aromatic N) is 1. The second-order valence-corrected chi connectivity index (χ2v) is 10.4. The van der Waals surface area contributed by atoms with E-state index in [9.17, 15) is 19.1 Å². The molecule has 1 heterocycles. The summed E-state index contributed by atoms with van der Waals surface area (Å²) in [7, 11) is 0. The number of aliphatic hydroxyl groups is 1. The van der Waals surface area contributed by atoms with E-state index in [1.807, 2.05) is 44.2 Å². The topological polar surface area (TPSA) is 90.9 Å². The van der Waals surface area contributed by atoms with Gasteiger partial charge in [0.25, 0.3) is 0 Å². The van der Waals surface area contributed by atoms with Crippen LogP contribution in [0.25, 0.3) is 0 Å². The maximum absolute atomic E-state index is 13.5. The number of ether oxygens (including phenoxy) is 1. The van der Waals surface area contributed by atoms with Crippen molar-refractivity contribution in [2.45, 2.75) is 77.5 Å². The van der Waals surface area contributed by atoms with E-state index in [2.05, 4.69) is 10.6 Å². The molecule has 1 saturated heterocycles. The minimum absolute atomic E-state index is 0.0583. The molecule has 1 aliphatic rings. The van der Waals surface area contributed by atoms with Gasteiger partial charge in [0.05, 0.1) is 18.3 Å². The van der Waals surface area contributed by atoms with Gasteiger partial charge in [0, 0.05) is 6.54 Å². The van der Waals surface area contributed by atoms with Gasteiger partial charge in [0.15, 0.2) is 0 Å². The van der Waals surface area contributed by atoms with Gasteiger partial charge >= 0.3 is 6.09 Å². The average molecular weight is 486 g/mol. The Kier molecular flexibility index (Phi) is 8.51. The molecule has 0 saturated carbocycles. The Bertz CT molecular complexity index is 992. The van der Waals surface area contributed by atoms with Gasteiger partial charge in [-0.05, 0) is 56.4 Å². The molecule has 0 aromatic heterocycles. The van der Waals surface area contributed by atoms with E-state index < -0.39 is 29.9 Å². The minimum Gasteiger partial charge on any atom is -0.444 e. The molecule has 2 aromatic rings. The molecular formula is C27H36FN3O4. The summed E-state index contributed by atoms with van der Waals surface area (Å²) in [6.07, 6.45) is -1.89. The molecule has 3 rings (SSSR count). The van der Waals surface area contributed by atoms with Gasteiger partial charge in [0.1, 0.15) is 17.5 Å². The molecule has 8 heteroatoms. The number of amides is 2. The van der Waals surface area contributed by atoms with Crippen LogP contribution in [-0.2, 0) is 22.5 Å². The summed E-state index contributed by atoms with van der Waals surface area (Å²) in [6.45, 7) is 9.53. The molecular weight excluding hydrogens is 449 g/mol. The summed E-state index contributed by atoms with van der Waals surface area (Å²) in [5.41, 5.74) is 0.985. The standard InChI is InChI=1S/C27H36FN3O4/c1-17(2)24-30-22(25(33)31(24)16-19-11-13-20(28)14-12-19)23(32)21(15-18-9-7-6-8-10-18)29-26(34)35-27(3,4)5/h6-14,17,21-24,30,32H,15-16H2,1-5H3,(H,29,34)/t21-,22-,23+,24?/m0/s1. The molecule has 1 unspecified atom stereocenters. The molecule has 1 aliphatic heterocycles. The van der Waals surface area contributed by atoms with Crippen molar-refractivity contribution in [3.63, 3.8) is 0 Å². The Morgan fingerprint density at radius 1 is 1.11 bits per heavy atom. The lowest BCUT2D eigenvalue weighted by atomic mass is 9.96. The first kappa shape index (κ1) is 26.6.